The maximum atomic E-state index is 13.6. The zero-order valence-corrected chi connectivity index (χ0v) is 21.1. The fourth-order valence-electron chi connectivity index (χ4n) is 6.30. The first-order chi connectivity index (χ1) is 16.1. The van der Waals surface area contributed by atoms with Gasteiger partial charge in [0.2, 0.25) is 5.91 Å². The van der Waals surface area contributed by atoms with Crippen LogP contribution in [0, 0.1) is 5.92 Å². The van der Waals surface area contributed by atoms with E-state index in [2.05, 4.69) is 48.2 Å². The van der Waals surface area contributed by atoms with E-state index in [1.54, 1.807) is 9.80 Å². The molecule has 1 aromatic rings. The molecule has 34 heavy (non-hydrogen) atoms. The SMILES string of the molecule is CN(C)[C@]1(c2ccccc2)C[C@]2(CN(CC(=O)N3CCS(=O)(=O)CC3)C(=O)N2CC2CCC2)C1. The standard InChI is InChI=1S/C25H36N4O4S/c1-26(2)25(21-9-4-3-5-10-21)17-24(18-25)19-28(23(31)29(24)15-20-7-6-8-20)16-22(30)27-11-13-34(32,33)14-12-27/h3-5,9-10,20H,6-8,11-19H2,1-2H3/t24-,25-. The number of rotatable bonds is 6. The van der Waals surface area contributed by atoms with Crippen LogP contribution in [0.15, 0.2) is 30.3 Å². The predicted octanol–water partition coefficient (Wildman–Crippen LogP) is 1.77. The van der Waals surface area contributed by atoms with Crippen LogP contribution in [-0.2, 0) is 20.2 Å². The Balaban J connectivity index is 1.34. The number of hydrogen-bond donors (Lipinski definition) is 0. The van der Waals surface area contributed by atoms with Gasteiger partial charge >= 0.3 is 6.03 Å². The Labute approximate surface area is 202 Å². The van der Waals surface area contributed by atoms with Crippen molar-refractivity contribution >= 4 is 21.8 Å². The van der Waals surface area contributed by atoms with E-state index in [1.807, 2.05) is 6.07 Å². The van der Waals surface area contributed by atoms with E-state index in [1.165, 1.54) is 24.8 Å². The van der Waals surface area contributed by atoms with Crippen molar-refractivity contribution in [1.29, 1.82) is 0 Å². The lowest BCUT2D eigenvalue weighted by Gasteiger charge is -2.61. The monoisotopic (exact) mass is 488 g/mol. The second-order valence-electron chi connectivity index (χ2n) is 10.9. The fourth-order valence-corrected chi connectivity index (χ4v) is 7.50. The molecule has 2 saturated heterocycles. The first kappa shape index (κ1) is 23.6. The normalized spacial score (nSPS) is 31.1. The number of sulfone groups is 1. The third kappa shape index (κ3) is 4.00. The van der Waals surface area contributed by atoms with E-state index in [0.717, 1.165) is 19.4 Å². The number of carbonyl (C=O) groups is 2. The molecule has 2 aliphatic heterocycles. The van der Waals surface area contributed by atoms with E-state index >= 15 is 0 Å². The van der Waals surface area contributed by atoms with Crippen molar-refractivity contribution in [3.8, 4) is 0 Å². The maximum Gasteiger partial charge on any atom is 0.321 e. The molecule has 2 heterocycles. The summed E-state index contributed by atoms with van der Waals surface area (Å²) < 4.78 is 23.5. The zero-order chi connectivity index (χ0) is 24.1. The summed E-state index contributed by atoms with van der Waals surface area (Å²) in [6, 6.07) is 10.5. The van der Waals surface area contributed by atoms with E-state index in [-0.39, 0.29) is 54.2 Å². The zero-order valence-electron chi connectivity index (χ0n) is 20.3. The van der Waals surface area contributed by atoms with Crippen LogP contribution in [0.2, 0.25) is 0 Å². The summed E-state index contributed by atoms with van der Waals surface area (Å²) in [7, 11) is 1.17. The van der Waals surface area contributed by atoms with Crippen LogP contribution in [0.3, 0.4) is 0 Å². The van der Waals surface area contributed by atoms with E-state index in [4.69, 9.17) is 0 Å². The quantitative estimate of drug-likeness (QED) is 0.610. The highest BCUT2D eigenvalue weighted by atomic mass is 32.2. The van der Waals surface area contributed by atoms with Gasteiger partial charge in [-0.1, -0.05) is 36.8 Å². The minimum absolute atomic E-state index is 0.00680. The van der Waals surface area contributed by atoms with Gasteiger partial charge in [0.15, 0.2) is 9.84 Å². The summed E-state index contributed by atoms with van der Waals surface area (Å²) in [5.41, 5.74) is 0.879. The Morgan fingerprint density at radius 1 is 1.09 bits per heavy atom. The molecular weight excluding hydrogens is 452 g/mol. The molecule has 8 nitrogen and oxygen atoms in total. The molecule has 9 heteroatoms. The van der Waals surface area contributed by atoms with Crippen molar-refractivity contribution in [2.45, 2.75) is 43.2 Å². The molecular formula is C25H36N4O4S. The van der Waals surface area contributed by atoms with Gasteiger partial charge in [-0.3, -0.25) is 9.69 Å². The van der Waals surface area contributed by atoms with Crippen molar-refractivity contribution in [2.24, 2.45) is 5.92 Å². The van der Waals surface area contributed by atoms with Gasteiger partial charge in [0, 0.05) is 26.2 Å². The number of hydrogen-bond acceptors (Lipinski definition) is 5. The van der Waals surface area contributed by atoms with Gasteiger partial charge in [0.1, 0.15) is 6.54 Å². The van der Waals surface area contributed by atoms with Crippen LogP contribution < -0.4 is 0 Å². The Bertz CT molecular complexity index is 1030. The molecule has 2 aliphatic carbocycles. The van der Waals surface area contributed by atoms with E-state index < -0.39 is 9.84 Å². The first-order valence-electron chi connectivity index (χ1n) is 12.4. The van der Waals surface area contributed by atoms with Gasteiger partial charge in [-0.25, -0.2) is 13.2 Å². The highest BCUT2D eigenvalue weighted by Crippen LogP contribution is 2.57. The van der Waals surface area contributed by atoms with Crippen LogP contribution in [0.25, 0.3) is 0 Å². The molecule has 0 N–H and O–H groups in total. The molecule has 5 rings (SSSR count). The smallest absolute Gasteiger partial charge is 0.321 e. The van der Waals surface area contributed by atoms with Gasteiger partial charge in [-0.2, -0.15) is 0 Å². The topological polar surface area (TPSA) is 81.2 Å². The number of carbonyl (C=O) groups excluding carboxylic acids is 2. The molecule has 1 aromatic carbocycles. The number of amides is 3. The molecule has 0 unspecified atom stereocenters. The lowest BCUT2D eigenvalue weighted by Crippen LogP contribution is -2.68. The van der Waals surface area contributed by atoms with Crippen molar-refractivity contribution in [3.63, 3.8) is 0 Å². The predicted molar refractivity (Wildman–Crippen MR) is 130 cm³/mol. The summed E-state index contributed by atoms with van der Waals surface area (Å²) in [6.07, 6.45) is 5.26. The largest absolute Gasteiger partial charge is 0.339 e. The van der Waals surface area contributed by atoms with Gasteiger partial charge < -0.3 is 14.7 Å². The van der Waals surface area contributed by atoms with Crippen molar-refractivity contribution in [3.05, 3.63) is 35.9 Å². The minimum atomic E-state index is -3.05. The average Bonchev–Trinajstić information content (AvgIpc) is 3.01. The maximum absolute atomic E-state index is 13.6. The van der Waals surface area contributed by atoms with Gasteiger partial charge in [0.05, 0.1) is 22.6 Å². The van der Waals surface area contributed by atoms with E-state index in [0.29, 0.717) is 12.5 Å². The molecule has 0 bridgehead atoms. The van der Waals surface area contributed by atoms with Crippen molar-refractivity contribution in [1.82, 2.24) is 19.6 Å². The van der Waals surface area contributed by atoms with Crippen LogP contribution in [0.5, 0.6) is 0 Å². The summed E-state index contributed by atoms with van der Waals surface area (Å²) in [5, 5.41) is 0. The third-order valence-electron chi connectivity index (χ3n) is 8.66. The van der Waals surface area contributed by atoms with Crippen LogP contribution >= 0.6 is 0 Å². The summed E-state index contributed by atoms with van der Waals surface area (Å²) in [4.78, 5) is 34.3. The highest BCUT2D eigenvalue weighted by molar-refractivity contribution is 7.91. The molecule has 3 amide bonds. The summed E-state index contributed by atoms with van der Waals surface area (Å²) in [6.45, 7) is 1.79. The molecule has 186 valence electrons. The lowest BCUT2D eigenvalue weighted by atomic mass is 9.58. The average molecular weight is 489 g/mol. The van der Waals surface area contributed by atoms with Gasteiger partial charge in [0.25, 0.3) is 0 Å². The fraction of sp³-hybridized carbons (Fsp3) is 0.680. The highest BCUT2D eigenvalue weighted by Gasteiger charge is 2.64. The molecule has 4 fully saturated rings. The summed E-state index contributed by atoms with van der Waals surface area (Å²) >= 11 is 0. The second kappa shape index (κ2) is 8.52. The Hall–Kier alpha value is -2.13. The molecule has 4 aliphatic rings. The lowest BCUT2D eigenvalue weighted by molar-refractivity contribution is -0.131. The van der Waals surface area contributed by atoms with Gasteiger partial charge in [-0.15, -0.1) is 0 Å². The first-order valence-corrected chi connectivity index (χ1v) is 14.2. The molecule has 1 spiro atoms. The molecule has 0 aromatic heterocycles. The van der Waals surface area contributed by atoms with Crippen LogP contribution in [-0.4, -0.2) is 104 Å². The van der Waals surface area contributed by atoms with Crippen molar-refractivity contribution in [2.75, 3.05) is 58.3 Å². The second-order valence-corrected chi connectivity index (χ2v) is 13.3. The molecule has 2 saturated carbocycles. The van der Waals surface area contributed by atoms with Crippen LogP contribution in [0.4, 0.5) is 4.79 Å². The van der Waals surface area contributed by atoms with Gasteiger partial charge in [-0.05, 0) is 51.3 Å². The number of benzene rings is 1. The summed E-state index contributed by atoms with van der Waals surface area (Å²) in [5.74, 6) is 0.416. The Morgan fingerprint density at radius 3 is 2.29 bits per heavy atom. The molecule has 0 radical (unpaired) electrons. The van der Waals surface area contributed by atoms with Crippen molar-refractivity contribution < 1.29 is 18.0 Å². The van der Waals surface area contributed by atoms with E-state index in [9.17, 15) is 18.0 Å². The minimum Gasteiger partial charge on any atom is -0.339 e. The molecule has 0 atom stereocenters. The van der Waals surface area contributed by atoms with Crippen LogP contribution in [0.1, 0.15) is 37.7 Å². The number of urea groups is 1. The third-order valence-corrected chi connectivity index (χ3v) is 10.3. The Kier molecular flexibility index (Phi) is 5.91. The Morgan fingerprint density at radius 2 is 1.74 bits per heavy atom. The number of nitrogens with zero attached hydrogens (tertiary/aromatic N) is 4.